The van der Waals surface area contributed by atoms with Gasteiger partial charge in [0.1, 0.15) is 0 Å². The van der Waals surface area contributed by atoms with E-state index < -0.39 is 0 Å². The first-order chi connectivity index (χ1) is 7.73. The average molecular weight is 274 g/mol. The summed E-state index contributed by atoms with van der Waals surface area (Å²) in [5.41, 5.74) is 0.471. The molecule has 2 nitrogen and oxygen atoms in total. The van der Waals surface area contributed by atoms with Crippen LogP contribution < -0.4 is 0 Å². The van der Waals surface area contributed by atoms with E-state index in [1.54, 1.807) is 18.0 Å². The van der Waals surface area contributed by atoms with E-state index in [4.69, 9.17) is 23.2 Å². The van der Waals surface area contributed by atoms with E-state index in [0.717, 1.165) is 5.56 Å². The van der Waals surface area contributed by atoms with Crippen molar-refractivity contribution >= 4 is 29.1 Å². The van der Waals surface area contributed by atoms with E-state index in [-0.39, 0.29) is 11.3 Å². The van der Waals surface area contributed by atoms with Crippen molar-refractivity contribution < 1.29 is 4.79 Å². The predicted octanol–water partition coefficient (Wildman–Crippen LogP) is 4.00. The first kappa shape index (κ1) is 14.3. The maximum atomic E-state index is 12.0. The number of benzene rings is 1. The SMILES string of the molecule is CN(Cc1cccc(Cl)c1Cl)C(=O)C(C)(C)C. The maximum absolute atomic E-state index is 12.0. The number of hydrogen-bond donors (Lipinski definition) is 0. The first-order valence-electron chi connectivity index (χ1n) is 5.42. The van der Waals surface area contributed by atoms with Crippen molar-refractivity contribution in [1.29, 1.82) is 0 Å². The van der Waals surface area contributed by atoms with Crippen LogP contribution in [-0.4, -0.2) is 17.9 Å². The van der Waals surface area contributed by atoms with Gasteiger partial charge in [-0.3, -0.25) is 4.79 Å². The summed E-state index contributed by atoms with van der Waals surface area (Å²) in [5.74, 6) is 0.0774. The normalized spacial score (nSPS) is 11.4. The summed E-state index contributed by atoms with van der Waals surface area (Å²) in [4.78, 5) is 13.7. The molecule has 1 aromatic rings. The monoisotopic (exact) mass is 273 g/mol. The predicted molar refractivity (Wildman–Crippen MR) is 72.4 cm³/mol. The fraction of sp³-hybridized carbons (Fsp3) is 0.462. The van der Waals surface area contributed by atoms with Crippen LogP contribution in [0.15, 0.2) is 18.2 Å². The molecule has 0 aliphatic carbocycles. The summed E-state index contributed by atoms with van der Waals surface area (Å²) in [6.45, 7) is 6.15. The number of carbonyl (C=O) groups is 1. The van der Waals surface area contributed by atoms with Gasteiger partial charge in [-0.15, -0.1) is 0 Å². The van der Waals surface area contributed by atoms with Crippen molar-refractivity contribution in [2.45, 2.75) is 27.3 Å². The van der Waals surface area contributed by atoms with Crippen LogP contribution in [0.4, 0.5) is 0 Å². The third-order valence-electron chi connectivity index (χ3n) is 2.43. The van der Waals surface area contributed by atoms with Gasteiger partial charge in [-0.05, 0) is 11.6 Å². The van der Waals surface area contributed by atoms with E-state index in [0.29, 0.717) is 16.6 Å². The van der Waals surface area contributed by atoms with E-state index >= 15 is 0 Å². The van der Waals surface area contributed by atoms with Gasteiger partial charge in [-0.1, -0.05) is 56.1 Å². The van der Waals surface area contributed by atoms with Gasteiger partial charge in [0.15, 0.2) is 0 Å². The highest BCUT2D eigenvalue weighted by atomic mass is 35.5. The highest BCUT2D eigenvalue weighted by Crippen LogP contribution is 2.27. The standard InChI is InChI=1S/C13H17Cl2NO/c1-13(2,3)12(17)16(4)8-9-6-5-7-10(14)11(9)15/h5-7H,8H2,1-4H3. The van der Waals surface area contributed by atoms with Crippen LogP contribution in [-0.2, 0) is 11.3 Å². The lowest BCUT2D eigenvalue weighted by Crippen LogP contribution is -2.36. The highest BCUT2D eigenvalue weighted by molar-refractivity contribution is 6.42. The molecule has 0 spiro atoms. The lowest BCUT2D eigenvalue weighted by Gasteiger charge is -2.26. The van der Waals surface area contributed by atoms with Crippen LogP contribution >= 0.6 is 23.2 Å². The number of carbonyl (C=O) groups excluding carboxylic acids is 1. The molecule has 0 aliphatic heterocycles. The van der Waals surface area contributed by atoms with Crippen LogP contribution in [0, 0.1) is 5.41 Å². The first-order valence-corrected chi connectivity index (χ1v) is 6.17. The zero-order chi connectivity index (χ0) is 13.2. The summed E-state index contributed by atoms with van der Waals surface area (Å²) < 4.78 is 0. The van der Waals surface area contributed by atoms with Crippen molar-refractivity contribution in [1.82, 2.24) is 4.90 Å². The van der Waals surface area contributed by atoms with Crippen molar-refractivity contribution in [2.75, 3.05) is 7.05 Å². The molecule has 1 rings (SSSR count). The Balaban J connectivity index is 2.85. The second-order valence-electron chi connectivity index (χ2n) is 5.12. The van der Waals surface area contributed by atoms with Crippen molar-refractivity contribution in [2.24, 2.45) is 5.41 Å². The van der Waals surface area contributed by atoms with Gasteiger partial charge in [0, 0.05) is 19.0 Å². The molecule has 0 saturated heterocycles. The van der Waals surface area contributed by atoms with Gasteiger partial charge in [0.25, 0.3) is 0 Å². The number of nitrogens with zero attached hydrogens (tertiary/aromatic N) is 1. The zero-order valence-electron chi connectivity index (χ0n) is 10.6. The Morgan fingerprint density at radius 1 is 1.29 bits per heavy atom. The molecule has 1 aromatic carbocycles. The molecule has 0 atom stereocenters. The van der Waals surface area contributed by atoms with Crippen LogP contribution in [0.25, 0.3) is 0 Å². The van der Waals surface area contributed by atoms with E-state index in [1.165, 1.54) is 0 Å². The van der Waals surface area contributed by atoms with Crippen LogP contribution in [0.2, 0.25) is 10.0 Å². The van der Waals surface area contributed by atoms with E-state index in [2.05, 4.69) is 0 Å². The third-order valence-corrected chi connectivity index (χ3v) is 3.29. The molecule has 0 bridgehead atoms. The largest absolute Gasteiger partial charge is 0.341 e. The molecule has 0 radical (unpaired) electrons. The van der Waals surface area contributed by atoms with Gasteiger partial charge in [-0.25, -0.2) is 0 Å². The Bertz CT molecular complexity index is 424. The number of hydrogen-bond acceptors (Lipinski definition) is 1. The number of rotatable bonds is 2. The molecule has 0 unspecified atom stereocenters. The Morgan fingerprint density at radius 3 is 2.41 bits per heavy atom. The van der Waals surface area contributed by atoms with Gasteiger partial charge in [0.2, 0.25) is 5.91 Å². The average Bonchev–Trinajstić information content (AvgIpc) is 2.22. The Hall–Kier alpha value is -0.730. The van der Waals surface area contributed by atoms with Gasteiger partial charge < -0.3 is 4.90 Å². The fourth-order valence-electron chi connectivity index (χ4n) is 1.57. The lowest BCUT2D eigenvalue weighted by molar-refractivity contribution is -0.138. The quantitative estimate of drug-likeness (QED) is 0.798. The van der Waals surface area contributed by atoms with Crippen molar-refractivity contribution in [3.05, 3.63) is 33.8 Å². The molecule has 0 heterocycles. The van der Waals surface area contributed by atoms with Crippen molar-refractivity contribution in [3.63, 3.8) is 0 Å². The number of halogens is 2. The van der Waals surface area contributed by atoms with Gasteiger partial charge in [-0.2, -0.15) is 0 Å². The van der Waals surface area contributed by atoms with Gasteiger partial charge in [0.05, 0.1) is 10.0 Å². The van der Waals surface area contributed by atoms with Crippen LogP contribution in [0.5, 0.6) is 0 Å². The third kappa shape index (κ3) is 3.62. The van der Waals surface area contributed by atoms with Crippen LogP contribution in [0.1, 0.15) is 26.3 Å². The fourth-order valence-corrected chi connectivity index (χ4v) is 1.95. The minimum atomic E-state index is -0.389. The minimum absolute atomic E-state index is 0.0774. The molecular formula is C13H17Cl2NO. The highest BCUT2D eigenvalue weighted by Gasteiger charge is 2.25. The summed E-state index contributed by atoms with van der Waals surface area (Å²) >= 11 is 12.0. The van der Waals surface area contributed by atoms with Gasteiger partial charge >= 0.3 is 0 Å². The summed E-state index contributed by atoms with van der Waals surface area (Å²) in [6.07, 6.45) is 0. The lowest BCUT2D eigenvalue weighted by atomic mass is 9.95. The second kappa shape index (κ2) is 5.28. The second-order valence-corrected chi connectivity index (χ2v) is 5.91. The maximum Gasteiger partial charge on any atom is 0.227 e. The molecule has 1 amide bonds. The molecule has 0 fully saturated rings. The topological polar surface area (TPSA) is 20.3 Å². The molecule has 17 heavy (non-hydrogen) atoms. The Kier molecular flexibility index (Phi) is 4.45. The van der Waals surface area contributed by atoms with E-state index in [9.17, 15) is 4.79 Å². The van der Waals surface area contributed by atoms with E-state index in [1.807, 2.05) is 32.9 Å². The Morgan fingerprint density at radius 2 is 1.88 bits per heavy atom. The molecule has 94 valence electrons. The summed E-state index contributed by atoms with van der Waals surface area (Å²) in [6, 6.07) is 5.44. The molecular weight excluding hydrogens is 257 g/mol. The summed E-state index contributed by atoms with van der Waals surface area (Å²) in [7, 11) is 1.77. The molecule has 0 aliphatic rings. The number of amides is 1. The van der Waals surface area contributed by atoms with Crippen LogP contribution in [0.3, 0.4) is 0 Å². The molecule has 0 saturated carbocycles. The summed E-state index contributed by atoms with van der Waals surface area (Å²) in [5, 5.41) is 1.03. The zero-order valence-corrected chi connectivity index (χ0v) is 12.1. The smallest absolute Gasteiger partial charge is 0.227 e. The molecule has 0 N–H and O–H groups in total. The molecule has 4 heteroatoms. The molecule has 0 aromatic heterocycles. The minimum Gasteiger partial charge on any atom is -0.341 e. The Labute approximate surface area is 113 Å². The van der Waals surface area contributed by atoms with Crippen molar-refractivity contribution in [3.8, 4) is 0 Å².